The summed E-state index contributed by atoms with van der Waals surface area (Å²) in [6.45, 7) is 4.24. The van der Waals surface area contributed by atoms with Gasteiger partial charge in [-0.3, -0.25) is 23.4 Å². The summed E-state index contributed by atoms with van der Waals surface area (Å²) < 4.78 is 34.3. The van der Waals surface area contributed by atoms with Gasteiger partial charge < -0.3 is 18.9 Å². The topological polar surface area (TPSA) is 125 Å². The predicted molar refractivity (Wildman–Crippen MR) is 243 cm³/mol. The highest BCUT2D eigenvalue weighted by Crippen LogP contribution is 2.43. The van der Waals surface area contributed by atoms with E-state index in [0.29, 0.717) is 30.3 Å². The Bertz CT molecular complexity index is 1120. The Labute approximate surface area is 362 Å². The minimum absolute atomic E-state index is 0.0194. The van der Waals surface area contributed by atoms with Gasteiger partial charge in [0.2, 0.25) is 0 Å². The molecule has 1 N–H and O–H groups in total. The molecule has 1 unspecified atom stereocenters. The van der Waals surface area contributed by atoms with E-state index in [1.807, 2.05) is 33.3 Å². The largest absolute Gasteiger partial charge is 0.472 e. The molecule has 0 aromatic rings. The first kappa shape index (κ1) is 57.2. The van der Waals surface area contributed by atoms with Crippen molar-refractivity contribution in [2.75, 3.05) is 47.5 Å². The van der Waals surface area contributed by atoms with Crippen LogP contribution in [0.5, 0.6) is 0 Å². The first-order valence-electron chi connectivity index (χ1n) is 24.0. The summed E-state index contributed by atoms with van der Waals surface area (Å²) in [4.78, 5) is 47.2. The van der Waals surface area contributed by atoms with Crippen LogP contribution in [-0.4, -0.2) is 80.7 Å². The number of rotatable bonds is 44. The number of esters is 2. The van der Waals surface area contributed by atoms with Crippen molar-refractivity contribution in [2.45, 2.75) is 219 Å². The lowest BCUT2D eigenvalue weighted by Gasteiger charge is -2.24. The molecular formula is C48H91NO9P+. The number of phosphoric acid groups is 1. The van der Waals surface area contributed by atoms with Crippen LogP contribution in [0.2, 0.25) is 0 Å². The highest BCUT2D eigenvalue weighted by molar-refractivity contribution is 7.47. The van der Waals surface area contributed by atoms with Gasteiger partial charge in [-0.1, -0.05) is 180 Å². The number of allylic oxidation sites excluding steroid dienone is 4. The summed E-state index contributed by atoms with van der Waals surface area (Å²) in [5.41, 5.74) is 0. The van der Waals surface area contributed by atoms with Gasteiger partial charge in [0, 0.05) is 19.3 Å². The quantitative estimate of drug-likeness (QED) is 0.0159. The minimum Gasteiger partial charge on any atom is -0.462 e. The smallest absolute Gasteiger partial charge is 0.462 e. The van der Waals surface area contributed by atoms with Crippen molar-refractivity contribution in [1.82, 2.24) is 0 Å². The van der Waals surface area contributed by atoms with Crippen molar-refractivity contribution in [3.05, 3.63) is 24.3 Å². The maximum Gasteiger partial charge on any atom is 0.472 e. The molecule has 0 spiro atoms. The average molecular weight is 857 g/mol. The summed E-state index contributed by atoms with van der Waals surface area (Å²) >= 11 is 0. The maximum absolute atomic E-state index is 12.7. The van der Waals surface area contributed by atoms with Gasteiger partial charge in [0.05, 0.1) is 27.7 Å². The summed E-state index contributed by atoms with van der Waals surface area (Å²) in [7, 11) is 1.43. The Balaban J connectivity index is 4.32. The molecule has 346 valence electrons. The molecule has 2 atom stereocenters. The van der Waals surface area contributed by atoms with Gasteiger partial charge in [0.1, 0.15) is 19.8 Å². The SMILES string of the molecule is CCCCCCCCCCCCCCCCCCCCCC(=O)O[C@H](COC(=O)CCCCCCC/C=C\C=C\C(=O)CCCCC)COP(=O)(O)OCC[N+](C)(C)C. The molecule has 0 aromatic carbocycles. The van der Waals surface area contributed by atoms with E-state index in [1.54, 1.807) is 6.08 Å². The van der Waals surface area contributed by atoms with Crippen LogP contribution in [-0.2, 0) is 37.5 Å². The fourth-order valence-corrected chi connectivity index (χ4v) is 7.39. The lowest BCUT2D eigenvalue weighted by atomic mass is 10.0. The molecule has 0 aliphatic heterocycles. The molecule has 0 amide bonds. The summed E-state index contributed by atoms with van der Waals surface area (Å²) in [6.07, 6.45) is 40.6. The molecule has 59 heavy (non-hydrogen) atoms. The van der Waals surface area contributed by atoms with E-state index in [-0.39, 0.29) is 31.8 Å². The number of carbonyl (C=O) groups excluding carboxylic acids is 3. The monoisotopic (exact) mass is 857 g/mol. The Morgan fingerprint density at radius 2 is 1.00 bits per heavy atom. The van der Waals surface area contributed by atoms with Crippen LogP contribution in [0, 0.1) is 0 Å². The van der Waals surface area contributed by atoms with Gasteiger partial charge in [-0.2, -0.15) is 0 Å². The van der Waals surface area contributed by atoms with Crippen molar-refractivity contribution < 1.29 is 46.8 Å². The Morgan fingerprint density at radius 1 is 0.559 bits per heavy atom. The van der Waals surface area contributed by atoms with Gasteiger partial charge in [-0.25, -0.2) is 4.57 Å². The molecule has 0 bridgehead atoms. The molecule has 0 fully saturated rings. The van der Waals surface area contributed by atoms with Crippen LogP contribution in [0.25, 0.3) is 0 Å². The van der Waals surface area contributed by atoms with Crippen LogP contribution >= 0.6 is 7.82 Å². The molecule has 0 heterocycles. The summed E-state index contributed by atoms with van der Waals surface area (Å²) in [5.74, 6) is -0.669. The molecule has 0 aromatic heterocycles. The number of ether oxygens (including phenoxy) is 2. The van der Waals surface area contributed by atoms with Crippen molar-refractivity contribution in [2.24, 2.45) is 0 Å². The van der Waals surface area contributed by atoms with Crippen LogP contribution < -0.4 is 0 Å². The third-order valence-electron chi connectivity index (χ3n) is 10.5. The fourth-order valence-electron chi connectivity index (χ4n) is 6.64. The first-order chi connectivity index (χ1) is 28.4. The molecule has 0 rings (SSSR count). The maximum atomic E-state index is 12.7. The second-order valence-corrected chi connectivity index (χ2v) is 19.0. The van der Waals surface area contributed by atoms with E-state index in [9.17, 15) is 23.8 Å². The molecule has 0 aliphatic rings. The lowest BCUT2D eigenvalue weighted by Crippen LogP contribution is -2.37. The number of ketones is 1. The molecule has 0 aliphatic carbocycles. The number of unbranched alkanes of at least 4 members (excludes halogenated alkanes) is 25. The van der Waals surface area contributed by atoms with Crippen molar-refractivity contribution in [3.8, 4) is 0 Å². The van der Waals surface area contributed by atoms with Crippen molar-refractivity contribution in [1.29, 1.82) is 0 Å². The number of hydrogen-bond donors (Lipinski definition) is 1. The van der Waals surface area contributed by atoms with E-state index in [0.717, 1.165) is 70.6 Å². The van der Waals surface area contributed by atoms with Crippen LogP contribution in [0.1, 0.15) is 213 Å². The van der Waals surface area contributed by atoms with Crippen LogP contribution in [0.4, 0.5) is 0 Å². The number of phosphoric ester groups is 1. The van der Waals surface area contributed by atoms with Gasteiger partial charge in [-0.15, -0.1) is 0 Å². The number of quaternary nitrogens is 1. The molecular weight excluding hydrogens is 766 g/mol. The molecule has 0 saturated heterocycles. The number of likely N-dealkylation sites (N-methyl/N-ethyl adjacent to an activating group) is 1. The normalized spacial score (nSPS) is 13.6. The van der Waals surface area contributed by atoms with E-state index in [2.05, 4.69) is 19.9 Å². The average Bonchev–Trinajstić information content (AvgIpc) is 3.18. The zero-order valence-electron chi connectivity index (χ0n) is 38.7. The zero-order valence-corrected chi connectivity index (χ0v) is 39.6. The van der Waals surface area contributed by atoms with E-state index in [4.69, 9.17) is 18.5 Å². The number of carbonyl (C=O) groups is 3. The first-order valence-corrected chi connectivity index (χ1v) is 25.5. The number of nitrogens with zero attached hydrogens (tertiary/aromatic N) is 1. The van der Waals surface area contributed by atoms with Gasteiger partial charge >= 0.3 is 19.8 Å². The van der Waals surface area contributed by atoms with Crippen LogP contribution in [0.3, 0.4) is 0 Å². The predicted octanol–water partition coefficient (Wildman–Crippen LogP) is 13.1. The van der Waals surface area contributed by atoms with Gasteiger partial charge in [0.25, 0.3) is 0 Å². The Morgan fingerprint density at radius 3 is 1.51 bits per heavy atom. The lowest BCUT2D eigenvalue weighted by molar-refractivity contribution is -0.870. The van der Waals surface area contributed by atoms with E-state index < -0.39 is 32.5 Å². The second kappa shape index (κ2) is 40.2. The summed E-state index contributed by atoms with van der Waals surface area (Å²) in [6, 6.07) is 0. The van der Waals surface area contributed by atoms with Gasteiger partial charge in [-0.05, 0) is 38.2 Å². The zero-order chi connectivity index (χ0) is 43.7. The van der Waals surface area contributed by atoms with E-state index in [1.165, 1.54) is 96.3 Å². The minimum atomic E-state index is -4.39. The third-order valence-corrected chi connectivity index (χ3v) is 11.4. The van der Waals surface area contributed by atoms with Crippen molar-refractivity contribution in [3.63, 3.8) is 0 Å². The van der Waals surface area contributed by atoms with Crippen molar-refractivity contribution >= 4 is 25.5 Å². The number of hydrogen-bond acceptors (Lipinski definition) is 8. The standard InChI is InChI=1S/C48H90NO9P/c1-6-8-10-11-12-13-14-15-16-17-18-19-20-21-22-25-29-32-36-40-48(52)58-46(44-57-59(53,54)56-42-41-49(3,4)5)43-55-47(51)39-35-31-28-26-23-24-27-30-34-38-45(50)37-33-9-7-2/h27,30,34,38,46H,6-26,28-29,31-33,35-37,39-44H2,1-5H3/p+1/b30-27-,38-34+/t46-/m1/s1. The molecule has 0 saturated carbocycles. The molecule has 11 heteroatoms. The highest BCUT2D eigenvalue weighted by Gasteiger charge is 2.27. The molecule has 10 nitrogen and oxygen atoms in total. The summed E-state index contributed by atoms with van der Waals surface area (Å²) in [5, 5.41) is 0. The van der Waals surface area contributed by atoms with E-state index >= 15 is 0 Å². The van der Waals surface area contributed by atoms with Crippen LogP contribution in [0.15, 0.2) is 24.3 Å². The van der Waals surface area contributed by atoms with Gasteiger partial charge in [0.15, 0.2) is 11.9 Å². The highest BCUT2D eigenvalue weighted by atomic mass is 31.2. The second-order valence-electron chi connectivity index (χ2n) is 17.5. The molecule has 0 radical (unpaired) electrons. The Hall–Kier alpha value is -1.84. The third kappa shape index (κ3) is 44.0. The Kier molecular flexibility index (Phi) is 39.0. The fraction of sp³-hybridized carbons (Fsp3) is 0.854.